The van der Waals surface area contributed by atoms with E-state index in [1.165, 1.54) is 6.42 Å². The van der Waals surface area contributed by atoms with Crippen LogP contribution in [0.2, 0.25) is 0 Å². The van der Waals surface area contributed by atoms with Crippen molar-refractivity contribution in [3.8, 4) is 0 Å². The normalized spacial score (nSPS) is 22.1. The summed E-state index contributed by atoms with van der Waals surface area (Å²) < 4.78 is 5.93. The number of likely N-dealkylation sites (N-methyl/N-ethyl adjacent to an activating group) is 1. The Morgan fingerprint density at radius 3 is 2.47 bits per heavy atom. The monoisotopic (exact) mass is 271 g/mol. The lowest BCUT2D eigenvalue weighted by molar-refractivity contribution is -0.0550. The van der Waals surface area contributed by atoms with Crippen LogP contribution in [0.3, 0.4) is 0 Å². The molecule has 2 N–H and O–H groups in total. The maximum Gasteiger partial charge on any atom is 0.0829 e. The summed E-state index contributed by atoms with van der Waals surface area (Å²) in [6.07, 6.45) is 3.73. The topological polar surface area (TPSA) is 41.7 Å². The van der Waals surface area contributed by atoms with Crippen molar-refractivity contribution in [2.45, 2.75) is 51.7 Å². The summed E-state index contributed by atoms with van der Waals surface area (Å²) >= 11 is 0. The Labute approximate surface area is 119 Å². The average molecular weight is 271 g/mol. The van der Waals surface area contributed by atoms with Crippen LogP contribution in [0.4, 0.5) is 0 Å². The number of morpholine rings is 1. The molecule has 0 aromatic rings. The van der Waals surface area contributed by atoms with Crippen LogP contribution in [0.1, 0.15) is 40.0 Å². The predicted octanol–water partition coefficient (Wildman–Crippen LogP) is 1.55. The van der Waals surface area contributed by atoms with Gasteiger partial charge in [0.15, 0.2) is 0 Å². The molecule has 0 aromatic carbocycles. The molecule has 0 spiro atoms. The molecule has 19 heavy (non-hydrogen) atoms. The van der Waals surface area contributed by atoms with Crippen LogP contribution in [-0.4, -0.2) is 67.8 Å². The molecule has 0 radical (unpaired) electrons. The summed E-state index contributed by atoms with van der Waals surface area (Å²) in [7, 11) is 2.18. The molecule has 1 fully saturated rings. The van der Waals surface area contributed by atoms with Crippen molar-refractivity contribution in [2.75, 3.05) is 46.4 Å². The highest BCUT2D eigenvalue weighted by Gasteiger charge is 2.33. The molecule has 0 amide bonds. The molecular weight excluding hydrogens is 238 g/mol. The van der Waals surface area contributed by atoms with E-state index < -0.39 is 0 Å². The van der Waals surface area contributed by atoms with Crippen LogP contribution >= 0.6 is 0 Å². The van der Waals surface area contributed by atoms with Gasteiger partial charge in [-0.05, 0) is 32.9 Å². The van der Waals surface area contributed by atoms with Crippen molar-refractivity contribution in [2.24, 2.45) is 5.73 Å². The molecule has 114 valence electrons. The van der Waals surface area contributed by atoms with Crippen molar-refractivity contribution in [1.82, 2.24) is 9.80 Å². The van der Waals surface area contributed by atoms with Gasteiger partial charge in [-0.25, -0.2) is 0 Å². The molecule has 0 saturated carbocycles. The Kier molecular flexibility index (Phi) is 7.29. The van der Waals surface area contributed by atoms with Crippen LogP contribution in [0, 0.1) is 0 Å². The zero-order valence-corrected chi connectivity index (χ0v) is 13.3. The summed E-state index contributed by atoms with van der Waals surface area (Å²) in [6, 6.07) is 0. The summed E-state index contributed by atoms with van der Waals surface area (Å²) in [5.74, 6) is 0. The van der Waals surface area contributed by atoms with E-state index in [1.807, 2.05) is 0 Å². The molecule has 0 aromatic heterocycles. The van der Waals surface area contributed by atoms with Crippen LogP contribution in [-0.2, 0) is 4.74 Å². The molecule has 0 aliphatic carbocycles. The Hall–Kier alpha value is -0.160. The van der Waals surface area contributed by atoms with Gasteiger partial charge in [0.1, 0.15) is 0 Å². The van der Waals surface area contributed by atoms with E-state index >= 15 is 0 Å². The Morgan fingerprint density at radius 1 is 1.32 bits per heavy atom. The van der Waals surface area contributed by atoms with Crippen LogP contribution in [0.5, 0.6) is 0 Å². The zero-order chi connectivity index (χ0) is 14.3. The fourth-order valence-electron chi connectivity index (χ4n) is 3.13. The Morgan fingerprint density at radius 2 is 2.00 bits per heavy atom. The van der Waals surface area contributed by atoms with Gasteiger partial charge in [0.05, 0.1) is 12.7 Å². The number of nitrogens with two attached hydrogens (primary N) is 1. The van der Waals surface area contributed by atoms with E-state index in [1.54, 1.807) is 0 Å². The van der Waals surface area contributed by atoms with E-state index in [0.717, 1.165) is 52.2 Å². The number of nitrogens with zero attached hydrogens (tertiary/aromatic N) is 2. The standard InChI is InChI=1S/C15H33N3O/c1-5-8-18(15(6-2,7-3)13-16)12-14-11-17(4)9-10-19-14/h14H,5-13,16H2,1-4H3. The van der Waals surface area contributed by atoms with E-state index in [9.17, 15) is 0 Å². The van der Waals surface area contributed by atoms with Crippen molar-refractivity contribution in [3.05, 3.63) is 0 Å². The lowest BCUT2D eigenvalue weighted by atomic mass is 9.90. The smallest absolute Gasteiger partial charge is 0.0829 e. The first kappa shape index (κ1) is 16.9. The first-order valence-corrected chi connectivity index (χ1v) is 7.87. The van der Waals surface area contributed by atoms with E-state index in [4.69, 9.17) is 10.5 Å². The van der Waals surface area contributed by atoms with E-state index in [-0.39, 0.29) is 5.54 Å². The number of ether oxygens (including phenoxy) is 1. The highest BCUT2D eigenvalue weighted by molar-refractivity contribution is 4.91. The lowest BCUT2D eigenvalue weighted by Crippen LogP contribution is -2.57. The molecular formula is C15H33N3O. The van der Waals surface area contributed by atoms with Crippen molar-refractivity contribution < 1.29 is 4.74 Å². The first-order valence-electron chi connectivity index (χ1n) is 7.87. The van der Waals surface area contributed by atoms with Crippen molar-refractivity contribution in [3.63, 3.8) is 0 Å². The fourth-order valence-corrected chi connectivity index (χ4v) is 3.13. The minimum atomic E-state index is 0.148. The van der Waals surface area contributed by atoms with Gasteiger partial charge in [-0.1, -0.05) is 20.8 Å². The molecule has 4 heteroatoms. The summed E-state index contributed by atoms with van der Waals surface area (Å²) in [6.45, 7) is 12.6. The maximum absolute atomic E-state index is 6.10. The molecule has 4 nitrogen and oxygen atoms in total. The van der Waals surface area contributed by atoms with Gasteiger partial charge in [0.2, 0.25) is 0 Å². The second-order valence-corrected chi connectivity index (χ2v) is 5.84. The van der Waals surface area contributed by atoms with Crippen molar-refractivity contribution >= 4 is 0 Å². The van der Waals surface area contributed by atoms with Crippen LogP contribution in [0.25, 0.3) is 0 Å². The number of hydrogen-bond donors (Lipinski definition) is 1. The minimum Gasteiger partial charge on any atom is -0.374 e. The SMILES string of the molecule is CCCN(CC1CN(C)CCO1)C(CC)(CC)CN. The van der Waals surface area contributed by atoms with Gasteiger partial charge in [0.25, 0.3) is 0 Å². The summed E-state index contributed by atoms with van der Waals surface area (Å²) in [5.41, 5.74) is 6.25. The third kappa shape index (κ3) is 4.42. The second kappa shape index (κ2) is 8.20. The minimum absolute atomic E-state index is 0.148. The Bertz CT molecular complexity index is 235. The molecule has 0 bridgehead atoms. The zero-order valence-electron chi connectivity index (χ0n) is 13.3. The van der Waals surface area contributed by atoms with E-state index in [2.05, 4.69) is 37.6 Å². The highest BCUT2D eigenvalue weighted by atomic mass is 16.5. The molecule has 1 atom stereocenters. The molecule has 1 heterocycles. The second-order valence-electron chi connectivity index (χ2n) is 5.84. The van der Waals surface area contributed by atoms with Crippen LogP contribution in [0.15, 0.2) is 0 Å². The number of hydrogen-bond acceptors (Lipinski definition) is 4. The van der Waals surface area contributed by atoms with Gasteiger partial charge >= 0.3 is 0 Å². The first-order chi connectivity index (χ1) is 9.11. The lowest BCUT2D eigenvalue weighted by Gasteiger charge is -2.45. The largest absolute Gasteiger partial charge is 0.374 e. The fraction of sp³-hybridized carbons (Fsp3) is 1.00. The predicted molar refractivity (Wildman–Crippen MR) is 81.5 cm³/mol. The third-order valence-corrected chi connectivity index (χ3v) is 4.63. The van der Waals surface area contributed by atoms with Crippen LogP contribution < -0.4 is 5.73 Å². The molecule has 1 saturated heterocycles. The quantitative estimate of drug-likeness (QED) is 0.727. The summed E-state index contributed by atoms with van der Waals surface area (Å²) in [4.78, 5) is 4.94. The molecule has 1 aliphatic rings. The highest BCUT2D eigenvalue weighted by Crippen LogP contribution is 2.24. The van der Waals surface area contributed by atoms with Gasteiger partial charge in [0, 0.05) is 31.7 Å². The third-order valence-electron chi connectivity index (χ3n) is 4.63. The maximum atomic E-state index is 6.10. The van der Waals surface area contributed by atoms with Gasteiger partial charge < -0.3 is 15.4 Å². The van der Waals surface area contributed by atoms with Gasteiger partial charge in [-0.2, -0.15) is 0 Å². The summed E-state index contributed by atoms with van der Waals surface area (Å²) in [5, 5.41) is 0. The molecule has 1 unspecified atom stereocenters. The Balaban J connectivity index is 2.70. The molecule has 1 rings (SSSR count). The molecule has 1 aliphatic heterocycles. The van der Waals surface area contributed by atoms with Gasteiger partial charge in [-0.3, -0.25) is 4.90 Å². The average Bonchev–Trinajstić information content (AvgIpc) is 2.41. The van der Waals surface area contributed by atoms with Crippen molar-refractivity contribution in [1.29, 1.82) is 0 Å². The van der Waals surface area contributed by atoms with Gasteiger partial charge in [-0.15, -0.1) is 0 Å². The number of rotatable bonds is 8. The van der Waals surface area contributed by atoms with E-state index in [0.29, 0.717) is 6.10 Å².